The number of hydrogen-bond acceptors (Lipinski definition) is 3. The second kappa shape index (κ2) is 6.46. The van der Waals surface area contributed by atoms with Gasteiger partial charge in [-0.05, 0) is 52.0 Å². The molecule has 0 spiro atoms. The summed E-state index contributed by atoms with van der Waals surface area (Å²) in [6.45, 7) is 8.95. The van der Waals surface area contributed by atoms with Gasteiger partial charge in [0.25, 0.3) is 0 Å². The highest BCUT2D eigenvalue weighted by Gasteiger charge is 2.14. The van der Waals surface area contributed by atoms with Crippen molar-refractivity contribution < 1.29 is 4.74 Å². The first-order valence-corrected chi connectivity index (χ1v) is 7.36. The van der Waals surface area contributed by atoms with Gasteiger partial charge in [-0.3, -0.25) is 4.98 Å². The Morgan fingerprint density at radius 2 is 1.95 bits per heavy atom. The molecule has 1 N–H and O–H groups in total. The smallest absolute Gasteiger partial charge is 0.145 e. The van der Waals surface area contributed by atoms with Crippen LogP contribution in [-0.2, 0) is 6.54 Å². The first-order valence-electron chi connectivity index (χ1n) is 6.98. The summed E-state index contributed by atoms with van der Waals surface area (Å²) in [6, 6.07) is 9.52. The molecule has 1 heterocycles. The Morgan fingerprint density at radius 1 is 1.19 bits per heavy atom. The van der Waals surface area contributed by atoms with Crippen molar-refractivity contribution in [3.05, 3.63) is 52.8 Å². The SMILES string of the molecule is Cc1ccc(Oc2cccc(Cl)c2CNC(C)(C)C)cn1. The first kappa shape index (κ1) is 15.8. The summed E-state index contributed by atoms with van der Waals surface area (Å²) in [7, 11) is 0. The summed E-state index contributed by atoms with van der Waals surface area (Å²) < 4.78 is 5.92. The fraction of sp³-hybridized carbons (Fsp3) is 0.353. The molecule has 0 aliphatic rings. The maximum absolute atomic E-state index is 6.31. The molecular weight excluding hydrogens is 284 g/mol. The van der Waals surface area contributed by atoms with Crippen LogP contribution < -0.4 is 10.1 Å². The molecule has 0 saturated carbocycles. The Morgan fingerprint density at radius 3 is 2.57 bits per heavy atom. The van der Waals surface area contributed by atoms with Gasteiger partial charge in [-0.1, -0.05) is 17.7 Å². The van der Waals surface area contributed by atoms with Gasteiger partial charge in [0.2, 0.25) is 0 Å². The summed E-state index contributed by atoms with van der Waals surface area (Å²) in [4.78, 5) is 4.24. The van der Waals surface area contributed by atoms with Gasteiger partial charge in [-0.2, -0.15) is 0 Å². The number of aromatic nitrogens is 1. The van der Waals surface area contributed by atoms with Crippen molar-refractivity contribution in [2.75, 3.05) is 0 Å². The van der Waals surface area contributed by atoms with Gasteiger partial charge in [-0.25, -0.2) is 0 Å². The quantitative estimate of drug-likeness (QED) is 0.887. The Balaban J connectivity index is 2.22. The molecular formula is C17H21ClN2O. The molecule has 0 aliphatic carbocycles. The van der Waals surface area contributed by atoms with E-state index in [-0.39, 0.29) is 5.54 Å². The van der Waals surface area contributed by atoms with E-state index in [2.05, 4.69) is 31.1 Å². The Hall–Kier alpha value is -1.58. The van der Waals surface area contributed by atoms with E-state index in [0.717, 1.165) is 17.0 Å². The number of rotatable bonds is 4. The normalized spacial score (nSPS) is 11.5. The zero-order valence-corrected chi connectivity index (χ0v) is 13.7. The van der Waals surface area contributed by atoms with Crippen LogP contribution in [-0.4, -0.2) is 10.5 Å². The van der Waals surface area contributed by atoms with Crippen molar-refractivity contribution in [2.45, 2.75) is 39.8 Å². The van der Waals surface area contributed by atoms with E-state index in [4.69, 9.17) is 16.3 Å². The van der Waals surface area contributed by atoms with Crippen molar-refractivity contribution in [3.63, 3.8) is 0 Å². The zero-order chi connectivity index (χ0) is 15.5. The second-order valence-corrected chi connectivity index (χ2v) is 6.46. The lowest BCUT2D eigenvalue weighted by molar-refractivity contribution is 0.414. The minimum absolute atomic E-state index is 0.0157. The predicted molar refractivity (Wildman–Crippen MR) is 87.1 cm³/mol. The van der Waals surface area contributed by atoms with Crippen molar-refractivity contribution in [2.24, 2.45) is 0 Å². The molecule has 0 saturated heterocycles. The van der Waals surface area contributed by atoms with Crippen LogP contribution >= 0.6 is 11.6 Å². The van der Waals surface area contributed by atoms with Gasteiger partial charge in [0, 0.05) is 28.4 Å². The summed E-state index contributed by atoms with van der Waals surface area (Å²) in [6.07, 6.45) is 1.72. The van der Waals surface area contributed by atoms with Crippen LogP contribution in [0, 0.1) is 6.92 Å². The first-order chi connectivity index (χ1) is 9.85. The molecule has 4 heteroatoms. The van der Waals surface area contributed by atoms with Gasteiger partial charge in [0.15, 0.2) is 0 Å². The molecule has 2 rings (SSSR count). The Bertz CT molecular complexity index is 603. The van der Waals surface area contributed by atoms with E-state index in [1.165, 1.54) is 0 Å². The van der Waals surface area contributed by atoms with E-state index in [1.54, 1.807) is 6.20 Å². The number of aryl methyl sites for hydroxylation is 1. The lowest BCUT2D eigenvalue weighted by atomic mass is 10.1. The number of nitrogens with one attached hydrogen (secondary N) is 1. The van der Waals surface area contributed by atoms with Crippen LogP contribution in [0.4, 0.5) is 0 Å². The third-order valence-electron chi connectivity index (χ3n) is 2.98. The second-order valence-electron chi connectivity index (χ2n) is 6.06. The van der Waals surface area contributed by atoms with Gasteiger partial charge in [0.1, 0.15) is 11.5 Å². The summed E-state index contributed by atoms with van der Waals surface area (Å²) in [5, 5.41) is 4.13. The average molecular weight is 305 g/mol. The van der Waals surface area contributed by atoms with Crippen molar-refractivity contribution in [3.8, 4) is 11.5 Å². The minimum Gasteiger partial charge on any atom is -0.455 e. The largest absolute Gasteiger partial charge is 0.455 e. The highest BCUT2D eigenvalue weighted by molar-refractivity contribution is 6.31. The lowest BCUT2D eigenvalue weighted by Crippen LogP contribution is -2.35. The summed E-state index contributed by atoms with van der Waals surface area (Å²) >= 11 is 6.31. The zero-order valence-electron chi connectivity index (χ0n) is 12.9. The van der Waals surface area contributed by atoms with E-state index < -0.39 is 0 Å². The molecule has 0 radical (unpaired) electrons. The highest BCUT2D eigenvalue weighted by atomic mass is 35.5. The van der Waals surface area contributed by atoms with Crippen LogP contribution in [0.15, 0.2) is 36.5 Å². The average Bonchev–Trinajstić information content (AvgIpc) is 2.39. The Labute approximate surface area is 131 Å². The van der Waals surface area contributed by atoms with Crippen LogP contribution in [0.25, 0.3) is 0 Å². The summed E-state index contributed by atoms with van der Waals surface area (Å²) in [5.41, 5.74) is 1.93. The molecule has 2 aromatic rings. The van der Waals surface area contributed by atoms with Crippen molar-refractivity contribution >= 4 is 11.6 Å². The van der Waals surface area contributed by atoms with Gasteiger partial charge in [-0.15, -0.1) is 0 Å². The molecule has 0 aliphatic heterocycles. The maximum atomic E-state index is 6.31. The fourth-order valence-corrected chi connectivity index (χ4v) is 2.03. The standard InChI is InChI=1S/C17H21ClN2O/c1-12-8-9-13(10-19-12)21-16-7-5-6-15(18)14(16)11-20-17(2,3)4/h5-10,20H,11H2,1-4H3. The Kier molecular flexibility index (Phi) is 4.86. The molecule has 21 heavy (non-hydrogen) atoms. The van der Waals surface area contributed by atoms with Gasteiger partial charge in [0.05, 0.1) is 6.20 Å². The highest BCUT2D eigenvalue weighted by Crippen LogP contribution is 2.30. The third kappa shape index (κ3) is 4.73. The molecule has 0 bridgehead atoms. The van der Waals surface area contributed by atoms with Gasteiger partial charge < -0.3 is 10.1 Å². The minimum atomic E-state index is 0.0157. The number of benzene rings is 1. The molecule has 112 valence electrons. The molecule has 0 unspecified atom stereocenters. The monoisotopic (exact) mass is 304 g/mol. The number of ether oxygens (including phenoxy) is 1. The molecule has 0 amide bonds. The van der Waals surface area contributed by atoms with E-state index >= 15 is 0 Å². The fourth-order valence-electron chi connectivity index (χ4n) is 1.80. The van der Waals surface area contributed by atoms with Crippen LogP contribution in [0.2, 0.25) is 5.02 Å². The van der Waals surface area contributed by atoms with Crippen molar-refractivity contribution in [1.29, 1.82) is 0 Å². The maximum Gasteiger partial charge on any atom is 0.145 e. The molecule has 1 aromatic heterocycles. The van der Waals surface area contributed by atoms with Crippen LogP contribution in [0.3, 0.4) is 0 Å². The van der Waals surface area contributed by atoms with Crippen LogP contribution in [0.5, 0.6) is 11.5 Å². The topological polar surface area (TPSA) is 34.1 Å². The molecule has 3 nitrogen and oxygen atoms in total. The predicted octanol–water partition coefficient (Wildman–Crippen LogP) is 4.72. The van der Waals surface area contributed by atoms with Crippen LogP contribution in [0.1, 0.15) is 32.0 Å². The van der Waals surface area contributed by atoms with E-state index in [0.29, 0.717) is 17.3 Å². The number of pyridine rings is 1. The van der Waals surface area contributed by atoms with E-state index in [1.807, 2.05) is 37.3 Å². The van der Waals surface area contributed by atoms with Gasteiger partial charge >= 0.3 is 0 Å². The number of nitrogens with zero attached hydrogens (tertiary/aromatic N) is 1. The molecule has 0 atom stereocenters. The lowest BCUT2D eigenvalue weighted by Gasteiger charge is -2.22. The number of hydrogen-bond donors (Lipinski definition) is 1. The molecule has 0 fully saturated rings. The van der Waals surface area contributed by atoms with Crippen molar-refractivity contribution in [1.82, 2.24) is 10.3 Å². The summed E-state index contributed by atoms with van der Waals surface area (Å²) in [5.74, 6) is 1.46. The third-order valence-corrected chi connectivity index (χ3v) is 3.34. The number of halogens is 1. The van der Waals surface area contributed by atoms with E-state index in [9.17, 15) is 0 Å². The molecule has 1 aromatic carbocycles.